The van der Waals surface area contributed by atoms with Crippen LogP contribution in [0.15, 0.2) is 48.5 Å². The van der Waals surface area contributed by atoms with Gasteiger partial charge in [0.05, 0.1) is 16.9 Å². The number of anilines is 1. The zero-order chi connectivity index (χ0) is 11.0. The molecule has 0 amide bonds. The third-order valence-electron chi connectivity index (χ3n) is 2.52. The van der Waals surface area contributed by atoms with Gasteiger partial charge in [-0.1, -0.05) is 29.5 Å². The summed E-state index contributed by atoms with van der Waals surface area (Å²) in [7, 11) is 0. The molecule has 0 radical (unpaired) electrons. The first kappa shape index (κ1) is 8.91. The van der Waals surface area contributed by atoms with Gasteiger partial charge in [-0.2, -0.15) is 0 Å². The van der Waals surface area contributed by atoms with Crippen molar-refractivity contribution in [3.63, 3.8) is 0 Å². The average molecular weight is 210 g/mol. The lowest BCUT2D eigenvalue weighted by atomic mass is 10.2. The van der Waals surface area contributed by atoms with Gasteiger partial charge in [-0.25, -0.2) is 4.68 Å². The second-order valence-corrected chi connectivity index (χ2v) is 3.55. The maximum Gasteiger partial charge on any atom is 0.113 e. The van der Waals surface area contributed by atoms with E-state index in [9.17, 15) is 0 Å². The Bertz CT molecular complexity index is 642. The van der Waals surface area contributed by atoms with Gasteiger partial charge in [-0.3, -0.25) is 0 Å². The summed E-state index contributed by atoms with van der Waals surface area (Å²) in [4.78, 5) is 0. The summed E-state index contributed by atoms with van der Waals surface area (Å²) in [5.74, 6) is 0. The van der Waals surface area contributed by atoms with Crippen molar-refractivity contribution in [1.29, 1.82) is 0 Å². The summed E-state index contributed by atoms with van der Waals surface area (Å²) in [6.07, 6.45) is 0. The van der Waals surface area contributed by atoms with Gasteiger partial charge in [-0.05, 0) is 24.3 Å². The van der Waals surface area contributed by atoms with Crippen LogP contribution < -0.4 is 5.73 Å². The molecule has 0 fully saturated rings. The molecule has 4 nitrogen and oxygen atoms in total. The van der Waals surface area contributed by atoms with Crippen molar-refractivity contribution in [3.05, 3.63) is 48.5 Å². The van der Waals surface area contributed by atoms with E-state index in [1.54, 1.807) is 4.68 Å². The van der Waals surface area contributed by atoms with Gasteiger partial charge >= 0.3 is 0 Å². The SMILES string of the molecule is Nc1ccccc1-n1nnc2ccccc21. The van der Waals surface area contributed by atoms with Crippen LogP contribution in [0.1, 0.15) is 0 Å². The van der Waals surface area contributed by atoms with Crippen molar-refractivity contribution in [2.24, 2.45) is 0 Å². The quantitative estimate of drug-likeness (QED) is 0.625. The molecule has 0 spiro atoms. The molecule has 0 unspecified atom stereocenters. The molecule has 2 aromatic carbocycles. The molecule has 3 aromatic rings. The number of fused-ring (bicyclic) bond motifs is 1. The number of nitrogen functional groups attached to an aromatic ring is 1. The molecule has 0 aliphatic heterocycles. The highest BCUT2D eigenvalue weighted by molar-refractivity contribution is 5.77. The number of nitrogens with zero attached hydrogens (tertiary/aromatic N) is 3. The molecule has 2 N–H and O–H groups in total. The molecular weight excluding hydrogens is 200 g/mol. The number of nitrogens with two attached hydrogens (primary N) is 1. The second kappa shape index (κ2) is 3.34. The fraction of sp³-hybridized carbons (Fsp3) is 0. The van der Waals surface area contributed by atoms with Gasteiger partial charge in [0.2, 0.25) is 0 Å². The number of aromatic nitrogens is 3. The Morgan fingerprint density at radius 2 is 1.69 bits per heavy atom. The maximum atomic E-state index is 5.91. The molecule has 0 bridgehead atoms. The summed E-state index contributed by atoms with van der Waals surface area (Å²) in [5.41, 5.74) is 9.29. The van der Waals surface area contributed by atoms with Crippen LogP contribution in [0, 0.1) is 0 Å². The fourth-order valence-electron chi connectivity index (χ4n) is 1.73. The Kier molecular flexibility index (Phi) is 1.86. The zero-order valence-corrected chi connectivity index (χ0v) is 8.54. The second-order valence-electron chi connectivity index (χ2n) is 3.55. The van der Waals surface area contributed by atoms with E-state index in [0.29, 0.717) is 5.69 Å². The van der Waals surface area contributed by atoms with Crippen LogP contribution >= 0.6 is 0 Å². The molecule has 0 atom stereocenters. The topological polar surface area (TPSA) is 56.7 Å². The van der Waals surface area contributed by atoms with Crippen molar-refractivity contribution in [3.8, 4) is 5.69 Å². The first-order valence-electron chi connectivity index (χ1n) is 5.01. The first-order chi connectivity index (χ1) is 7.86. The van der Waals surface area contributed by atoms with Crippen LogP contribution in [0.3, 0.4) is 0 Å². The molecule has 3 rings (SSSR count). The third kappa shape index (κ3) is 1.24. The number of para-hydroxylation sites is 3. The molecule has 16 heavy (non-hydrogen) atoms. The predicted octanol–water partition coefficient (Wildman–Crippen LogP) is 2.00. The van der Waals surface area contributed by atoms with E-state index in [2.05, 4.69) is 10.3 Å². The van der Waals surface area contributed by atoms with Crippen LogP contribution in [0.25, 0.3) is 16.7 Å². The summed E-state index contributed by atoms with van der Waals surface area (Å²) < 4.78 is 1.75. The summed E-state index contributed by atoms with van der Waals surface area (Å²) in [6, 6.07) is 15.4. The monoisotopic (exact) mass is 210 g/mol. The van der Waals surface area contributed by atoms with Crippen LogP contribution in [-0.2, 0) is 0 Å². The third-order valence-corrected chi connectivity index (χ3v) is 2.52. The standard InChI is InChI=1S/C12H10N4/c13-9-5-1-3-7-11(9)16-12-8-4-2-6-10(12)14-15-16/h1-8H,13H2. The van der Waals surface area contributed by atoms with Crippen LogP contribution in [0.5, 0.6) is 0 Å². The Morgan fingerprint density at radius 3 is 2.56 bits per heavy atom. The predicted molar refractivity (Wildman–Crippen MR) is 63.3 cm³/mol. The van der Waals surface area contributed by atoms with Crippen molar-refractivity contribution in [1.82, 2.24) is 15.0 Å². The van der Waals surface area contributed by atoms with Gasteiger partial charge in [0, 0.05) is 0 Å². The minimum absolute atomic E-state index is 0.693. The number of rotatable bonds is 1. The minimum Gasteiger partial charge on any atom is -0.397 e. The Hall–Kier alpha value is -2.36. The Morgan fingerprint density at radius 1 is 0.938 bits per heavy atom. The van der Waals surface area contributed by atoms with E-state index in [1.165, 1.54) is 0 Å². The van der Waals surface area contributed by atoms with E-state index < -0.39 is 0 Å². The van der Waals surface area contributed by atoms with Crippen molar-refractivity contribution >= 4 is 16.7 Å². The highest BCUT2D eigenvalue weighted by Crippen LogP contribution is 2.20. The maximum absolute atomic E-state index is 5.91. The minimum atomic E-state index is 0.693. The number of hydrogen-bond acceptors (Lipinski definition) is 3. The van der Waals surface area contributed by atoms with Gasteiger partial charge in [0.1, 0.15) is 5.52 Å². The molecule has 0 aliphatic rings. The van der Waals surface area contributed by atoms with Crippen LogP contribution in [-0.4, -0.2) is 15.0 Å². The average Bonchev–Trinajstić information content (AvgIpc) is 2.74. The van der Waals surface area contributed by atoms with Crippen LogP contribution in [0.4, 0.5) is 5.69 Å². The fourth-order valence-corrected chi connectivity index (χ4v) is 1.73. The van der Waals surface area contributed by atoms with E-state index in [0.717, 1.165) is 16.7 Å². The lowest BCUT2D eigenvalue weighted by Gasteiger charge is -2.04. The molecule has 4 heteroatoms. The number of benzene rings is 2. The van der Waals surface area contributed by atoms with Crippen molar-refractivity contribution < 1.29 is 0 Å². The lowest BCUT2D eigenvalue weighted by Crippen LogP contribution is -2.00. The lowest BCUT2D eigenvalue weighted by molar-refractivity contribution is 0.826. The molecule has 1 aromatic heterocycles. The van der Waals surface area contributed by atoms with Gasteiger partial charge < -0.3 is 5.73 Å². The highest BCUT2D eigenvalue weighted by atomic mass is 15.4. The van der Waals surface area contributed by atoms with E-state index in [-0.39, 0.29) is 0 Å². The zero-order valence-electron chi connectivity index (χ0n) is 8.54. The molecular formula is C12H10N4. The normalized spacial score (nSPS) is 10.8. The van der Waals surface area contributed by atoms with Gasteiger partial charge in [0.15, 0.2) is 0 Å². The Balaban J connectivity index is 2.31. The smallest absolute Gasteiger partial charge is 0.113 e. The largest absolute Gasteiger partial charge is 0.397 e. The highest BCUT2D eigenvalue weighted by Gasteiger charge is 2.07. The Labute approximate surface area is 92.3 Å². The molecule has 0 saturated carbocycles. The summed E-state index contributed by atoms with van der Waals surface area (Å²) in [6.45, 7) is 0. The number of hydrogen-bond donors (Lipinski definition) is 1. The van der Waals surface area contributed by atoms with Crippen LogP contribution in [0.2, 0.25) is 0 Å². The molecule has 0 saturated heterocycles. The molecule has 78 valence electrons. The van der Waals surface area contributed by atoms with Crippen molar-refractivity contribution in [2.45, 2.75) is 0 Å². The first-order valence-corrected chi connectivity index (χ1v) is 5.01. The van der Waals surface area contributed by atoms with E-state index >= 15 is 0 Å². The van der Waals surface area contributed by atoms with Crippen molar-refractivity contribution in [2.75, 3.05) is 5.73 Å². The molecule has 1 heterocycles. The summed E-state index contributed by atoms with van der Waals surface area (Å²) >= 11 is 0. The molecule has 0 aliphatic carbocycles. The van der Waals surface area contributed by atoms with E-state index in [4.69, 9.17) is 5.73 Å². The van der Waals surface area contributed by atoms with E-state index in [1.807, 2.05) is 48.5 Å². The summed E-state index contributed by atoms with van der Waals surface area (Å²) in [5, 5.41) is 8.21. The van der Waals surface area contributed by atoms with Gasteiger partial charge in [-0.15, -0.1) is 5.10 Å². The van der Waals surface area contributed by atoms with Gasteiger partial charge in [0.25, 0.3) is 0 Å².